The molecule has 3 N–H and O–H groups in total. The Balaban J connectivity index is 2.45. The quantitative estimate of drug-likeness (QED) is 0.840. The third-order valence-electron chi connectivity index (χ3n) is 3.18. The van der Waals surface area contributed by atoms with Crippen LogP contribution in [0, 0.1) is 0 Å². The Bertz CT molecular complexity index is 911. The minimum Gasteiger partial charge on any atom is -0.457 e. The van der Waals surface area contributed by atoms with Gasteiger partial charge in [0.1, 0.15) is 11.5 Å². The van der Waals surface area contributed by atoms with Crippen molar-refractivity contribution in [3.63, 3.8) is 0 Å². The van der Waals surface area contributed by atoms with Crippen LogP contribution in [-0.4, -0.2) is 21.4 Å². The van der Waals surface area contributed by atoms with Crippen LogP contribution in [0.5, 0.6) is 11.5 Å². The van der Waals surface area contributed by atoms with Crippen molar-refractivity contribution in [2.24, 2.45) is 5.73 Å². The predicted octanol–water partition coefficient (Wildman–Crippen LogP) is 2.50. The first-order chi connectivity index (χ1) is 11.5. The number of primary amides is 1. The number of halogens is 3. The van der Waals surface area contributed by atoms with E-state index in [1.807, 2.05) is 0 Å². The number of nitrogens with one attached hydrogen (secondary N) is 1. The van der Waals surface area contributed by atoms with E-state index in [2.05, 4.69) is 4.72 Å². The molecule has 2 aromatic carbocycles. The van der Waals surface area contributed by atoms with Crippen molar-refractivity contribution >= 4 is 15.9 Å². The second-order valence-corrected chi connectivity index (χ2v) is 6.74. The van der Waals surface area contributed by atoms with Crippen molar-refractivity contribution in [1.29, 1.82) is 0 Å². The summed E-state index contributed by atoms with van der Waals surface area (Å²) in [7, 11) is -2.65. The number of benzene rings is 2. The van der Waals surface area contributed by atoms with Gasteiger partial charge >= 0.3 is 6.18 Å². The number of nitrogens with two attached hydrogens (primary N) is 1. The number of carbonyl (C=O) groups is 1. The van der Waals surface area contributed by atoms with Crippen molar-refractivity contribution in [2.45, 2.75) is 11.1 Å². The number of hydrogen-bond donors (Lipinski definition) is 2. The lowest BCUT2D eigenvalue weighted by Gasteiger charge is -2.13. The van der Waals surface area contributed by atoms with Crippen molar-refractivity contribution < 1.29 is 31.1 Å². The molecule has 134 valence electrons. The molecule has 2 rings (SSSR count). The molecule has 0 aliphatic rings. The molecule has 0 bridgehead atoms. The van der Waals surface area contributed by atoms with E-state index in [0.29, 0.717) is 0 Å². The monoisotopic (exact) mass is 374 g/mol. The van der Waals surface area contributed by atoms with Gasteiger partial charge in [0.15, 0.2) is 0 Å². The second kappa shape index (κ2) is 6.73. The fraction of sp³-hybridized carbons (Fsp3) is 0.133. The average molecular weight is 374 g/mol. The van der Waals surface area contributed by atoms with Crippen molar-refractivity contribution in [1.82, 2.24) is 4.72 Å². The van der Waals surface area contributed by atoms with Gasteiger partial charge in [-0.1, -0.05) is 6.07 Å². The Hall–Kier alpha value is -2.59. The zero-order chi connectivity index (χ0) is 18.8. The van der Waals surface area contributed by atoms with Crippen LogP contribution in [0.2, 0.25) is 0 Å². The molecule has 10 heteroatoms. The number of ether oxygens (including phenoxy) is 1. The SMILES string of the molecule is CNS(=O)(=O)c1ccc(Oc2cccc(C(F)(F)F)c2)c(C(N)=O)c1. The van der Waals surface area contributed by atoms with Crippen molar-refractivity contribution in [3.8, 4) is 11.5 Å². The highest BCUT2D eigenvalue weighted by molar-refractivity contribution is 7.89. The fourth-order valence-electron chi connectivity index (χ4n) is 1.94. The zero-order valence-electron chi connectivity index (χ0n) is 12.8. The molecular formula is C15H13F3N2O4S. The summed E-state index contributed by atoms with van der Waals surface area (Å²) in [5.74, 6) is -1.33. The Kier molecular flexibility index (Phi) is 5.04. The summed E-state index contributed by atoms with van der Waals surface area (Å²) >= 11 is 0. The maximum atomic E-state index is 12.7. The lowest BCUT2D eigenvalue weighted by Crippen LogP contribution is -2.20. The van der Waals surface area contributed by atoms with Crippen LogP contribution in [0.4, 0.5) is 13.2 Å². The van der Waals surface area contributed by atoms with Crippen LogP contribution in [-0.2, 0) is 16.2 Å². The summed E-state index contributed by atoms with van der Waals surface area (Å²) in [5, 5.41) is 0. The number of hydrogen-bond acceptors (Lipinski definition) is 4. The van der Waals surface area contributed by atoms with E-state index in [-0.39, 0.29) is 22.0 Å². The molecule has 0 saturated carbocycles. The van der Waals surface area contributed by atoms with Gasteiger partial charge in [-0.25, -0.2) is 13.1 Å². The maximum absolute atomic E-state index is 12.7. The summed E-state index contributed by atoms with van der Waals surface area (Å²) in [4.78, 5) is 11.3. The Labute approximate surface area is 141 Å². The molecule has 6 nitrogen and oxygen atoms in total. The molecule has 0 aliphatic carbocycles. The smallest absolute Gasteiger partial charge is 0.416 e. The Morgan fingerprint density at radius 2 is 1.84 bits per heavy atom. The first kappa shape index (κ1) is 18.7. The van der Waals surface area contributed by atoms with E-state index in [1.165, 1.54) is 13.1 Å². The molecule has 0 atom stereocenters. The summed E-state index contributed by atoms with van der Waals surface area (Å²) in [6.45, 7) is 0. The van der Waals surface area contributed by atoms with E-state index in [0.717, 1.165) is 36.4 Å². The van der Waals surface area contributed by atoms with E-state index >= 15 is 0 Å². The molecule has 0 unspecified atom stereocenters. The first-order valence-electron chi connectivity index (χ1n) is 6.77. The highest BCUT2D eigenvalue weighted by atomic mass is 32.2. The number of carbonyl (C=O) groups excluding carboxylic acids is 1. The summed E-state index contributed by atoms with van der Waals surface area (Å²) in [6.07, 6.45) is -4.56. The molecule has 0 fully saturated rings. The largest absolute Gasteiger partial charge is 0.457 e. The highest BCUT2D eigenvalue weighted by Gasteiger charge is 2.30. The molecular weight excluding hydrogens is 361 g/mol. The Morgan fingerprint density at radius 3 is 2.40 bits per heavy atom. The highest BCUT2D eigenvalue weighted by Crippen LogP contribution is 2.33. The minimum absolute atomic E-state index is 0.165. The van der Waals surface area contributed by atoms with E-state index in [1.54, 1.807) is 0 Å². The average Bonchev–Trinajstić information content (AvgIpc) is 2.54. The lowest BCUT2D eigenvalue weighted by atomic mass is 10.2. The first-order valence-corrected chi connectivity index (χ1v) is 8.25. The second-order valence-electron chi connectivity index (χ2n) is 4.86. The number of alkyl halides is 3. The molecule has 0 heterocycles. The van der Waals surface area contributed by atoms with Gasteiger partial charge in [0.2, 0.25) is 10.0 Å². The summed E-state index contributed by atoms with van der Waals surface area (Å²) < 4.78 is 69.1. The standard InChI is InChI=1S/C15H13F3N2O4S/c1-20-25(22,23)11-5-6-13(12(8-11)14(19)21)24-10-4-2-3-9(7-10)15(16,17)18/h2-8,20H,1H3,(H2,19,21). The van der Waals surface area contributed by atoms with Crippen LogP contribution in [0.1, 0.15) is 15.9 Å². The lowest BCUT2D eigenvalue weighted by molar-refractivity contribution is -0.137. The molecule has 0 spiro atoms. The van der Waals surface area contributed by atoms with Crippen LogP contribution >= 0.6 is 0 Å². The molecule has 0 radical (unpaired) electrons. The maximum Gasteiger partial charge on any atom is 0.416 e. The number of rotatable bonds is 5. The van der Waals surface area contributed by atoms with Gasteiger partial charge in [0.05, 0.1) is 16.0 Å². The van der Waals surface area contributed by atoms with Gasteiger partial charge in [0, 0.05) is 0 Å². The molecule has 0 aliphatic heterocycles. The van der Waals surface area contributed by atoms with Gasteiger partial charge in [-0.3, -0.25) is 4.79 Å². The van der Waals surface area contributed by atoms with Gasteiger partial charge in [0.25, 0.3) is 5.91 Å². The van der Waals surface area contributed by atoms with Crippen molar-refractivity contribution in [3.05, 3.63) is 53.6 Å². The predicted molar refractivity (Wildman–Crippen MR) is 82.7 cm³/mol. The van der Waals surface area contributed by atoms with E-state index < -0.39 is 27.7 Å². The molecule has 2 aromatic rings. The van der Waals surface area contributed by atoms with Crippen LogP contribution in [0.25, 0.3) is 0 Å². The van der Waals surface area contributed by atoms with Crippen LogP contribution < -0.4 is 15.2 Å². The topological polar surface area (TPSA) is 98.5 Å². The summed E-state index contributed by atoms with van der Waals surface area (Å²) in [5.41, 5.74) is 3.99. The minimum atomic E-state index is -4.56. The van der Waals surface area contributed by atoms with E-state index in [9.17, 15) is 26.4 Å². The van der Waals surface area contributed by atoms with Crippen LogP contribution in [0.3, 0.4) is 0 Å². The van der Waals surface area contributed by atoms with Gasteiger partial charge in [-0.05, 0) is 43.4 Å². The fourth-order valence-corrected chi connectivity index (χ4v) is 2.69. The third kappa shape index (κ3) is 4.28. The molecule has 25 heavy (non-hydrogen) atoms. The third-order valence-corrected chi connectivity index (χ3v) is 4.60. The molecule has 0 aromatic heterocycles. The molecule has 0 saturated heterocycles. The van der Waals surface area contributed by atoms with Gasteiger partial charge < -0.3 is 10.5 Å². The van der Waals surface area contributed by atoms with Gasteiger partial charge in [-0.15, -0.1) is 0 Å². The Morgan fingerprint density at radius 1 is 1.16 bits per heavy atom. The van der Waals surface area contributed by atoms with Crippen molar-refractivity contribution in [2.75, 3.05) is 7.05 Å². The number of amides is 1. The van der Waals surface area contributed by atoms with E-state index in [4.69, 9.17) is 10.5 Å². The summed E-state index contributed by atoms with van der Waals surface area (Å²) in [6, 6.07) is 7.29. The van der Waals surface area contributed by atoms with Crippen LogP contribution in [0.15, 0.2) is 47.4 Å². The number of sulfonamides is 1. The van der Waals surface area contributed by atoms with Gasteiger partial charge in [-0.2, -0.15) is 13.2 Å². The molecule has 1 amide bonds. The normalized spacial score (nSPS) is 12.0. The zero-order valence-corrected chi connectivity index (χ0v) is 13.6.